The van der Waals surface area contributed by atoms with E-state index in [9.17, 15) is 9.18 Å². The quantitative estimate of drug-likeness (QED) is 0.730. The summed E-state index contributed by atoms with van der Waals surface area (Å²) in [7, 11) is 0. The highest BCUT2D eigenvalue weighted by atomic mass is 35.5. The Morgan fingerprint density at radius 2 is 1.78 bits per heavy atom. The van der Waals surface area contributed by atoms with Crippen molar-refractivity contribution in [2.24, 2.45) is 0 Å². The van der Waals surface area contributed by atoms with Crippen LogP contribution < -0.4 is 10.6 Å². The lowest BCUT2D eigenvalue weighted by molar-refractivity contribution is -0.114. The van der Waals surface area contributed by atoms with Gasteiger partial charge in [0.25, 0.3) is 0 Å². The van der Waals surface area contributed by atoms with Crippen LogP contribution in [-0.2, 0) is 4.79 Å². The summed E-state index contributed by atoms with van der Waals surface area (Å²) in [6.45, 7) is 0.0421. The first-order valence-electron chi connectivity index (χ1n) is 7.09. The van der Waals surface area contributed by atoms with Crippen molar-refractivity contribution in [3.8, 4) is 0 Å². The van der Waals surface area contributed by atoms with Crippen molar-refractivity contribution in [3.63, 3.8) is 0 Å². The SMILES string of the molecule is O=C(CNc1ccc2ccccc2c1)Nc1ccc(Cl)cc1F. The lowest BCUT2D eigenvalue weighted by atomic mass is 10.1. The fourth-order valence-electron chi connectivity index (χ4n) is 2.27. The van der Waals surface area contributed by atoms with Crippen molar-refractivity contribution in [3.05, 3.63) is 71.5 Å². The number of carbonyl (C=O) groups is 1. The predicted molar refractivity (Wildman–Crippen MR) is 92.5 cm³/mol. The zero-order valence-electron chi connectivity index (χ0n) is 12.1. The molecule has 0 saturated heterocycles. The second-order valence-electron chi connectivity index (χ2n) is 5.09. The Morgan fingerprint density at radius 3 is 2.57 bits per heavy atom. The Bertz CT molecular complexity index is 867. The molecule has 23 heavy (non-hydrogen) atoms. The monoisotopic (exact) mass is 328 g/mol. The van der Waals surface area contributed by atoms with Gasteiger partial charge in [-0.25, -0.2) is 4.39 Å². The Balaban J connectivity index is 1.63. The summed E-state index contributed by atoms with van der Waals surface area (Å²) < 4.78 is 13.6. The zero-order valence-corrected chi connectivity index (χ0v) is 12.9. The van der Waals surface area contributed by atoms with Crippen LogP contribution in [0.4, 0.5) is 15.8 Å². The van der Waals surface area contributed by atoms with Gasteiger partial charge in [-0.15, -0.1) is 0 Å². The number of nitrogens with one attached hydrogen (secondary N) is 2. The molecule has 0 aliphatic heterocycles. The van der Waals surface area contributed by atoms with E-state index < -0.39 is 5.82 Å². The first-order valence-corrected chi connectivity index (χ1v) is 7.47. The van der Waals surface area contributed by atoms with Gasteiger partial charge in [0.05, 0.1) is 12.2 Å². The standard InChI is InChI=1S/C18H14ClFN2O/c19-14-6-8-17(16(20)10-14)22-18(23)11-21-15-7-5-12-3-1-2-4-13(12)9-15/h1-10,21H,11H2,(H,22,23). The minimum absolute atomic E-state index is 0.0421. The van der Waals surface area contributed by atoms with Gasteiger partial charge in [0.15, 0.2) is 0 Å². The van der Waals surface area contributed by atoms with Crippen molar-refractivity contribution < 1.29 is 9.18 Å². The van der Waals surface area contributed by atoms with Crippen LogP contribution in [0, 0.1) is 5.82 Å². The molecule has 0 bridgehead atoms. The Morgan fingerprint density at radius 1 is 1.00 bits per heavy atom. The van der Waals surface area contributed by atoms with Crippen molar-refractivity contribution in [2.75, 3.05) is 17.2 Å². The van der Waals surface area contributed by atoms with Crippen LogP contribution in [0.3, 0.4) is 0 Å². The van der Waals surface area contributed by atoms with Gasteiger partial charge in [-0.1, -0.05) is 41.9 Å². The number of benzene rings is 3. The molecule has 0 unspecified atom stereocenters. The Kier molecular flexibility index (Phi) is 4.44. The summed E-state index contributed by atoms with van der Waals surface area (Å²) in [5.74, 6) is -0.893. The second-order valence-corrected chi connectivity index (χ2v) is 5.52. The molecule has 3 nitrogen and oxygen atoms in total. The second kappa shape index (κ2) is 6.67. The lowest BCUT2D eigenvalue weighted by Crippen LogP contribution is -2.22. The number of anilines is 2. The number of amides is 1. The van der Waals surface area contributed by atoms with Crippen LogP contribution in [0.25, 0.3) is 10.8 Å². The van der Waals surface area contributed by atoms with Crippen LogP contribution in [0.1, 0.15) is 0 Å². The highest BCUT2D eigenvalue weighted by molar-refractivity contribution is 6.30. The molecule has 0 radical (unpaired) electrons. The largest absolute Gasteiger partial charge is 0.376 e. The molecule has 0 aliphatic carbocycles. The van der Waals surface area contributed by atoms with Crippen LogP contribution in [-0.4, -0.2) is 12.5 Å². The molecule has 3 aromatic rings. The normalized spacial score (nSPS) is 10.5. The molecule has 0 spiro atoms. The van der Waals surface area contributed by atoms with E-state index in [0.717, 1.165) is 22.5 Å². The average Bonchev–Trinajstić information content (AvgIpc) is 2.55. The smallest absolute Gasteiger partial charge is 0.243 e. The fourth-order valence-corrected chi connectivity index (χ4v) is 2.43. The van der Waals surface area contributed by atoms with E-state index in [-0.39, 0.29) is 23.2 Å². The molecule has 0 atom stereocenters. The summed E-state index contributed by atoms with van der Waals surface area (Å²) in [4.78, 5) is 11.9. The van der Waals surface area contributed by atoms with E-state index in [2.05, 4.69) is 10.6 Å². The van der Waals surface area contributed by atoms with Crippen molar-refractivity contribution >= 4 is 39.7 Å². The number of hydrogen-bond acceptors (Lipinski definition) is 2. The van der Waals surface area contributed by atoms with Gasteiger partial charge in [-0.2, -0.15) is 0 Å². The summed E-state index contributed by atoms with van der Waals surface area (Å²) in [6.07, 6.45) is 0. The molecule has 0 aliphatic rings. The van der Waals surface area contributed by atoms with E-state index in [0.29, 0.717) is 0 Å². The number of hydrogen-bond donors (Lipinski definition) is 2. The van der Waals surface area contributed by atoms with E-state index in [1.54, 1.807) is 0 Å². The number of rotatable bonds is 4. The average molecular weight is 329 g/mol. The van der Waals surface area contributed by atoms with Crippen LogP contribution in [0.5, 0.6) is 0 Å². The maximum Gasteiger partial charge on any atom is 0.243 e. The number of carbonyl (C=O) groups excluding carboxylic acids is 1. The summed E-state index contributed by atoms with van der Waals surface area (Å²) in [5.41, 5.74) is 0.940. The minimum atomic E-state index is -0.559. The van der Waals surface area contributed by atoms with E-state index >= 15 is 0 Å². The predicted octanol–water partition coefficient (Wildman–Crippen LogP) is 4.68. The maximum absolute atomic E-state index is 13.6. The number of halogens is 2. The molecule has 3 aromatic carbocycles. The molecule has 0 fully saturated rings. The zero-order chi connectivity index (χ0) is 16.2. The van der Waals surface area contributed by atoms with Gasteiger partial charge >= 0.3 is 0 Å². The molecule has 0 aromatic heterocycles. The molecule has 0 saturated carbocycles. The highest BCUT2D eigenvalue weighted by Crippen LogP contribution is 2.20. The maximum atomic E-state index is 13.6. The minimum Gasteiger partial charge on any atom is -0.376 e. The summed E-state index contributed by atoms with van der Waals surface area (Å²) in [6, 6.07) is 17.9. The molecule has 0 heterocycles. The Labute approximate surface area is 138 Å². The van der Waals surface area contributed by atoms with Crippen molar-refractivity contribution in [1.29, 1.82) is 0 Å². The van der Waals surface area contributed by atoms with Gasteiger partial charge in [0.2, 0.25) is 5.91 Å². The van der Waals surface area contributed by atoms with Gasteiger partial charge < -0.3 is 10.6 Å². The van der Waals surface area contributed by atoms with Gasteiger partial charge in [0.1, 0.15) is 5.82 Å². The topological polar surface area (TPSA) is 41.1 Å². The molecule has 3 rings (SSSR count). The lowest BCUT2D eigenvalue weighted by Gasteiger charge is -2.09. The molecule has 116 valence electrons. The summed E-state index contributed by atoms with van der Waals surface area (Å²) >= 11 is 5.68. The highest BCUT2D eigenvalue weighted by Gasteiger charge is 2.07. The van der Waals surface area contributed by atoms with Crippen LogP contribution >= 0.6 is 11.6 Å². The van der Waals surface area contributed by atoms with Crippen molar-refractivity contribution in [1.82, 2.24) is 0 Å². The van der Waals surface area contributed by atoms with E-state index in [1.165, 1.54) is 12.1 Å². The van der Waals surface area contributed by atoms with Gasteiger partial charge in [-0.05, 0) is 41.1 Å². The van der Waals surface area contributed by atoms with Crippen LogP contribution in [0.2, 0.25) is 5.02 Å². The Hall–Kier alpha value is -2.59. The third kappa shape index (κ3) is 3.79. The van der Waals surface area contributed by atoms with Gasteiger partial charge in [-0.3, -0.25) is 4.79 Å². The first-order chi connectivity index (χ1) is 11.1. The molecule has 2 N–H and O–H groups in total. The fraction of sp³-hybridized carbons (Fsp3) is 0.0556. The molecule has 5 heteroatoms. The third-order valence-corrected chi connectivity index (χ3v) is 3.64. The molecular weight excluding hydrogens is 315 g/mol. The molecule has 1 amide bonds. The first kappa shape index (κ1) is 15.3. The van der Waals surface area contributed by atoms with Crippen molar-refractivity contribution in [2.45, 2.75) is 0 Å². The number of fused-ring (bicyclic) bond motifs is 1. The third-order valence-electron chi connectivity index (χ3n) is 3.41. The summed E-state index contributed by atoms with van der Waals surface area (Å²) in [5, 5.41) is 8.04. The molecular formula is C18H14ClFN2O. The van der Waals surface area contributed by atoms with E-state index in [1.807, 2.05) is 42.5 Å². The van der Waals surface area contributed by atoms with Gasteiger partial charge in [0, 0.05) is 10.7 Å². The van der Waals surface area contributed by atoms with Crippen LogP contribution in [0.15, 0.2) is 60.7 Å². The van der Waals surface area contributed by atoms with E-state index in [4.69, 9.17) is 11.6 Å².